The first-order chi connectivity index (χ1) is 17.3. The molecule has 3 aromatic rings. The van der Waals surface area contributed by atoms with Gasteiger partial charge in [-0.3, -0.25) is 14.4 Å². The molecule has 1 aromatic heterocycles. The van der Waals surface area contributed by atoms with Crippen LogP contribution in [-0.2, 0) is 0 Å². The fourth-order valence-electron chi connectivity index (χ4n) is 4.79. The Hall–Kier alpha value is -3.54. The van der Waals surface area contributed by atoms with E-state index in [1.54, 1.807) is 24.3 Å². The summed E-state index contributed by atoms with van der Waals surface area (Å²) in [6, 6.07) is 12.6. The van der Waals surface area contributed by atoms with Crippen LogP contribution >= 0.6 is 0 Å². The van der Waals surface area contributed by atoms with E-state index in [2.05, 4.69) is 32.7 Å². The Morgan fingerprint density at radius 3 is 2.25 bits per heavy atom. The van der Waals surface area contributed by atoms with E-state index in [0.717, 1.165) is 31.1 Å². The number of unbranched alkanes of at least 4 members (excludes halogenated alkanes) is 2. The molecule has 0 radical (unpaired) electrons. The molecule has 188 valence electrons. The minimum Gasteiger partial charge on any atom is -0.397 e. The smallest absolute Gasteiger partial charge is 0.253 e. The second-order valence-corrected chi connectivity index (χ2v) is 9.99. The summed E-state index contributed by atoms with van der Waals surface area (Å²) in [5.74, 6) is -1.50. The number of anilines is 1. The maximum Gasteiger partial charge on any atom is 0.253 e. The van der Waals surface area contributed by atoms with Crippen LogP contribution in [0.25, 0.3) is 10.9 Å². The number of rotatable bonds is 9. The van der Waals surface area contributed by atoms with Crippen LogP contribution in [0.4, 0.5) is 5.69 Å². The highest BCUT2D eigenvalue weighted by atomic mass is 16.2. The van der Waals surface area contributed by atoms with Gasteiger partial charge in [0.15, 0.2) is 11.6 Å². The van der Waals surface area contributed by atoms with Crippen molar-refractivity contribution in [1.29, 1.82) is 0 Å². The van der Waals surface area contributed by atoms with E-state index in [1.807, 2.05) is 23.1 Å². The number of carbonyl (C=O) groups excluding carboxylic acids is 3. The average molecular weight is 486 g/mol. The highest BCUT2D eigenvalue weighted by Crippen LogP contribution is 2.37. The summed E-state index contributed by atoms with van der Waals surface area (Å²) in [5, 5.41) is 0.880. The van der Waals surface area contributed by atoms with Crippen LogP contribution in [0.1, 0.15) is 108 Å². The topological polar surface area (TPSA) is 93.4 Å². The summed E-state index contributed by atoms with van der Waals surface area (Å²) in [6.45, 7) is 9.78. The second-order valence-electron chi connectivity index (χ2n) is 9.99. The number of Topliss-reactive ketones (excluding diaryl/α,β-unsaturated/α-hetero) is 2. The highest BCUT2D eigenvalue weighted by molar-refractivity contribution is 6.30. The number of carbonyl (C=O) groups is 3. The molecule has 2 N–H and O–H groups in total. The van der Waals surface area contributed by atoms with E-state index in [0.29, 0.717) is 41.3 Å². The van der Waals surface area contributed by atoms with E-state index in [1.165, 1.54) is 5.56 Å². The second kappa shape index (κ2) is 10.6. The van der Waals surface area contributed by atoms with Crippen molar-refractivity contribution in [1.82, 2.24) is 9.88 Å². The van der Waals surface area contributed by atoms with Gasteiger partial charge in [-0.15, -0.1) is 0 Å². The molecule has 1 atom stereocenters. The molecular weight excluding hydrogens is 450 g/mol. The molecule has 6 heteroatoms. The zero-order chi connectivity index (χ0) is 26.0. The summed E-state index contributed by atoms with van der Waals surface area (Å²) in [6.07, 6.45) is 3.83. The fourth-order valence-corrected chi connectivity index (χ4v) is 4.79. The number of ketones is 2. The third-order valence-electron chi connectivity index (χ3n) is 7.01. The molecule has 0 aliphatic heterocycles. The predicted molar refractivity (Wildman–Crippen MR) is 144 cm³/mol. The fraction of sp³-hybridized carbons (Fsp3) is 0.400. The number of aromatic nitrogens is 1. The molecule has 1 unspecified atom stereocenters. The number of amides is 1. The van der Waals surface area contributed by atoms with Gasteiger partial charge in [-0.2, -0.15) is 0 Å². The number of benzene rings is 2. The van der Waals surface area contributed by atoms with Crippen molar-refractivity contribution in [2.45, 2.75) is 65.2 Å². The third-order valence-corrected chi connectivity index (χ3v) is 7.01. The largest absolute Gasteiger partial charge is 0.397 e. The van der Waals surface area contributed by atoms with Crippen LogP contribution < -0.4 is 5.73 Å². The zero-order valence-corrected chi connectivity index (χ0v) is 21.6. The summed E-state index contributed by atoms with van der Waals surface area (Å²) in [5.41, 5.74) is 9.84. The summed E-state index contributed by atoms with van der Waals surface area (Å²) in [7, 11) is 0. The maximum absolute atomic E-state index is 13.5. The minimum absolute atomic E-state index is 0.104. The van der Waals surface area contributed by atoms with Crippen LogP contribution in [0.2, 0.25) is 0 Å². The molecule has 36 heavy (non-hydrogen) atoms. The molecule has 1 heterocycles. The molecular formula is C30H35N3O3. The van der Waals surface area contributed by atoms with Gasteiger partial charge in [-0.25, -0.2) is 4.98 Å². The van der Waals surface area contributed by atoms with Gasteiger partial charge in [0.2, 0.25) is 0 Å². The number of nitrogens with two attached hydrogens (primary N) is 1. The van der Waals surface area contributed by atoms with Crippen LogP contribution in [0.5, 0.6) is 0 Å². The van der Waals surface area contributed by atoms with E-state index in [4.69, 9.17) is 5.73 Å². The van der Waals surface area contributed by atoms with E-state index in [9.17, 15) is 14.4 Å². The standard InChI is InChI=1S/C30H35N3O3/c1-5-7-13-33(14-8-6-2)30(36)20-9-11-22-23(16-20)29(35)26(28(22)34)27-24(31)17-21-15-19(18(3)4)10-12-25(21)32-27/h9-12,15-18,26H,5-8,13-14,31H2,1-4H3. The molecule has 1 amide bonds. The van der Waals surface area contributed by atoms with Crippen molar-refractivity contribution in [3.8, 4) is 0 Å². The minimum atomic E-state index is -1.09. The summed E-state index contributed by atoms with van der Waals surface area (Å²) >= 11 is 0. The van der Waals surface area contributed by atoms with Gasteiger partial charge in [-0.1, -0.05) is 46.6 Å². The van der Waals surface area contributed by atoms with Crippen molar-refractivity contribution >= 4 is 34.1 Å². The van der Waals surface area contributed by atoms with E-state index >= 15 is 0 Å². The maximum atomic E-state index is 13.5. The van der Waals surface area contributed by atoms with Gasteiger partial charge in [-0.05, 0) is 60.7 Å². The predicted octanol–water partition coefficient (Wildman–Crippen LogP) is 6.15. The number of hydrogen-bond acceptors (Lipinski definition) is 5. The first kappa shape index (κ1) is 25.5. The first-order valence-corrected chi connectivity index (χ1v) is 13.0. The van der Waals surface area contributed by atoms with Gasteiger partial charge in [0.25, 0.3) is 5.91 Å². The lowest BCUT2D eigenvalue weighted by atomic mass is 9.95. The van der Waals surface area contributed by atoms with Crippen LogP contribution in [0.15, 0.2) is 42.5 Å². The number of pyridine rings is 1. The average Bonchev–Trinajstić information content (AvgIpc) is 3.12. The quantitative estimate of drug-likeness (QED) is 0.367. The molecule has 6 nitrogen and oxygen atoms in total. The summed E-state index contributed by atoms with van der Waals surface area (Å²) < 4.78 is 0. The van der Waals surface area contributed by atoms with Crippen LogP contribution in [0, 0.1) is 0 Å². The van der Waals surface area contributed by atoms with Gasteiger partial charge in [0.1, 0.15) is 5.92 Å². The highest BCUT2D eigenvalue weighted by Gasteiger charge is 2.42. The monoisotopic (exact) mass is 485 g/mol. The van der Waals surface area contributed by atoms with Gasteiger partial charge in [0.05, 0.1) is 16.9 Å². The SMILES string of the molecule is CCCCN(CCCC)C(=O)c1ccc2c(c1)C(=O)C(c1nc3ccc(C(C)C)cc3cc1N)C2=O. The van der Waals surface area contributed by atoms with Crippen molar-refractivity contribution in [3.63, 3.8) is 0 Å². The Morgan fingerprint density at radius 2 is 1.61 bits per heavy atom. The lowest BCUT2D eigenvalue weighted by Crippen LogP contribution is -2.33. The molecule has 1 aliphatic carbocycles. The van der Waals surface area contributed by atoms with E-state index < -0.39 is 5.92 Å². The Kier molecular flexibility index (Phi) is 7.53. The number of nitrogens with zero attached hydrogens (tertiary/aromatic N) is 2. The number of hydrogen-bond donors (Lipinski definition) is 1. The molecule has 4 rings (SSSR count). The summed E-state index contributed by atoms with van der Waals surface area (Å²) in [4.78, 5) is 46.6. The molecule has 0 saturated carbocycles. The molecule has 1 aliphatic rings. The Morgan fingerprint density at radius 1 is 0.944 bits per heavy atom. The van der Waals surface area contributed by atoms with Gasteiger partial charge in [0, 0.05) is 35.2 Å². The normalized spacial score (nSPS) is 15.1. The van der Waals surface area contributed by atoms with Crippen molar-refractivity contribution in [2.24, 2.45) is 0 Å². The third kappa shape index (κ3) is 4.77. The molecule has 2 aromatic carbocycles. The van der Waals surface area contributed by atoms with Crippen molar-refractivity contribution in [2.75, 3.05) is 18.8 Å². The van der Waals surface area contributed by atoms with Crippen LogP contribution in [0.3, 0.4) is 0 Å². The van der Waals surface area contributed by atoms with Crippen LogP contribution in [-0.4, -0.2) is 40.4 Å². The van der Waals surface area contributed by atoms with E-state index in [-0.39, 0.29) is 28.7 Å². The molecule has 0 spiro atoms. The Balaban J connectivity index is 1.67. The zero-order valence-electron chi connectivity index (χ0n) is 21.6. The molecule has 0 fully saturated rings. The number of fused-ring (bicyclic) bond motifs is 2. The Labute approximate surface area is 212 Å². The lowest BCUT2D eigenvalue weighted by Gasteiger charge is -2.22. The Bertz CT molecular complexity index is 1320. The van der Waals surface area contributed by atoms with Gasteiger partial charge < -0.3 is 10.6 Å². The molecule has 0 bridgehead atoms. The molecule has 0 saturated heterocycles. The van der Waals surface area contributed by atoms with Crippen molar-refractivity contribution < 1.29 is 14.4 Å². The lowest BCUT2D eigenvalue weighted by molar-refractivity contribution is 0.0750. The van der Waals surface area contributed by atoms with Crippen molar-refractivity contribution in [3.05, 3.63) is 70.4 Å². The first-order valence-electron chi connectivity index (χ1n) is 13.0. The van der Waals surface area contributed by atoms with Gasteiger partial charge >= 0.3 is 0 Å². The number of nitrogen functional groups attached to an aromatic ring is 1.